The molecule has 1 N–H and O–H groups in total. The maximum atomic E-state index is 13.6. The number of amides is 1. The SMILES string of the molecule is Cc1c(C(=O)N(CCCCO)Cc2ccccn2)sc2ccc(-c3ccc(=O)n(C)c3)cc12. The van der Waals surface area contributed by atoms with Gasteiger partial charge in [0.15, 0.2) is 0 Å². The van der Waals surface area contributed by atoms with Gasteiger partial charge in [-0.25, -0.2) is 0 Å². The molecule has 0 aliphatic rings. The van der Waals surface area contributed by atoms with Crippen LogP contribution < -0.4 is 5.56 Å². The summed E-state index contributed by atoms with van der Waals surface area (Å²) in [4.78, 5) is 32.2. The predicted molar refractivity (Wildman–Crippen MR) is 133 cm³/mol. The summed E-state index contributed by atoms with van der Waals surface area (Å²) >= 11 is 1.50. The van der Waals surface area contributed by atoms with Crippen molar-refractivity contribution < 1.29 is 9.90 Å². The van der Waals surface area contributed by atoms with Crippen molar-refractivity contribution in [1.29, 1.82) is 0 Å². The first-order valence-corrected chi connectivity index (χ1v) is 11.8. The molecule has 0 aliphatic heterocycles. The van der Waals surface area contributed by atoms with E-state index in [2.05, 4.69) is 11.1 Å². The number of benzene rings is 1. The fraction of sp³-hybridized carbons (Fsp3) is 0.269. The number of pyridine rings is 2. The maximum Gasteiger partial charge on any atom is 0.264 e. The lowest BCUT2D eigenvalue weighted by Crippen LogP contribution is -2.31. The zero-order valence-corrected chi connectivity index (χ0v) is 19.6. The summed E-state index contributed by atoms with van der Waals surface area (Å²) in [5.74, 6) is -0.0130. The lowest BCUT2D eigenvalue weighted by atomic mass is 10.0. The minimum absolute atomic E-state index is 0.0130. The van der Waals surface area contributed by atoms with Crippen molar-refractivity contribution in [3.05, 3.63) is 87.4 Å². The van der Waals surface area contributed by atoms with Gasteiger partial charge in [-0.1, -0.05) is 12.1 Å². The van der Waals surface area contributed by atoms with Gasteiger partial charge < -0.3 is 14.6 Å². The van der Waals surface area contributed by atoms with Crippen molar-refractivity contribution in [2.24, 2.45) is 7.05 Å². The van der Waals surface area contributed by atoms with Crippen molar-refractivity contribution >= 4 is 27.3 Å². The van der Waals surface area contributed by atoms with Crippen LogP contribution in [0.15, 0.2) is 65.7 Å². The molecule has 0 bridgehead atoms. The molecule has 0 radical (unpaired) electrons. The van der Waals surface area contributed by atoms with Crippen LogP contribution in [0.4, 0.5) is 0 Å². The third kappa shape index (κ3) is 5.05. The van der Waals surface area contributed by atoms with Crippen LogP contribution in [0.5, 0.6) is 0 Å². The van der Waals surface area contributed by atoms with Gasteiger partial charge in [0.05, 0.1) is 17.1 Å². The molecule has 0 saturated carbocycles. The van der Waals surface area contributed by atoms with Gasteiger partial charge >= 0.3 is 0 Å². The van der Waals surface area contributed by atoms with Crippen molar-refractivity contribution in [3.8, 4) is 11.1 Å². The molecule has 0 fully saturated rings. The second-order valence-electron chi connectivity index (χ2n) is 8.11. The van der Waals surface area contributed by atoms with Gasteiger partial charge in [0.1, 0.15) is 0 Å². The van der Waals surface area contributed by atoms with E-state index in [-0.39, 0.29) is 18.1 Å². The van der Waals surface area contributed by atoms with Crippen LogP contribution in [-0.2, 0) is 13.6 Å². The van der Waals surface area contributed by atoms with Gasteiger partial charge in [-0.05, 0) is 72.2 Å². The number of unbranched alkanes of at least 4 members (excludes halogenated alkanes) is 1. The summed E-state index contributed by atoms with van der Waals surface area (Å²) in [6.07, 6.45) is 4.95. The highest BCUT2D eigenvalue weighted by atomic mass is 32.1. The number of carbonyl (C=O) groups excluding carboxylic acids is 1. The molecule has 0 saturated heterocycles. The topological polar surface area (TPSA) is 75.4 Å². The third-order valence-corrected chi connectivity index (χ3v) is 7.01. The number of thiophene rings is 1. The Morgan fingerprint density at radius 1 is 1.12 bits per heavy atom. The summed E-state index contributed by atoms with van der Waals surface area (Å²) < 4.78 is 2.62. The average molecular weight is 462 g/mol. The molecule has 4 aromatic rings. The van der Waals surface area contributed by atoms with E-state index in [1.165, 1.54) is 11.3 Å². The summed E-state index contributed by atoms with van der Waals surface area (Å²) in [5.41, 5.74) is 3.71. The number of hydrogen-bond acceptors (Lipinski definition) is 5. The number of aliphatic hydroxyl groups is 1. The van der Waals surface area contributed by atoms with Gasteiger partial charge in [-0.15, -0.1) is 11.3 Å². The molecular weight excluding hydrogens is 434 g/mol. The van der Waals surface area contributed by atoms with Gasteiger partial charge in [-0.2, -0.15) is 0 Å². The summed E-state index contributed by atoms with van der Waals surface area (Å²) in [6.45, 7) is 3.10. The van der Waals surface area contributed by atoms with E-state index in [0.717, 1.165) is 43.8 Å². The zero-order valence-electron chi connectivity index (χ0n) is 18.8. The normalized spacial score (nSPS) is 11.1. The number of aromatic nitrogens is 2. The number of aliphatic hydroxyl groups excluding tert-OH is 1. The Bertz CT molecular complexity index is 1330. The molecule has 1 aromatic carbocycles. The fourth-order valence-electron chi connectivity index (χ4n) is 3.87. The number of nitrogens with zero attached hydrogens (tertiary/aromatic N) is 3. The van der Waals surface area contributed by atoms with Crippen LogP contribution >= 0.6 is 11.3 Å². The maximum absolute atomic E-state index is 13.6. The Labute approximate surface area is 196 Å². The van der Waals surface area contributed by atoms with E-state index in [4.69, 9.17) is 0 Å². The summed E-state index contributed by atoms with van der Waals surface area (Å²) in [5, 5.41) is 10.2. The second-order valence-corrected chi connectivity index (χ2v) is 9.16. The van der Waals surface area contributed by atoms with Gasteiger partial charge in [0.25, 0.3) is 5.91 Å². The predicted octanol–water partition coefficient (Wildman–Crippen LogP) is 4.39. The summed E-state index contributed by atoms with van der Waals surface area (Å²) in [7, 11) is 1.74. The average Bonchev–Trinajstić information content (AvgIpc) is 3.16. The highest BCUT2D eigenvalue weighted by Crippen LogP contribution is 2.35. The van der Waals surface area contributed by atoms with E-state index in [9.17, 15) is 14.7 Å². The molecule has 0 spiro atoms. The van der Waals surface area contributed by atoms with Gasteiger partial charge in [0.2, 0.25) is 5.56 Å². The smallest absolute Gasteiger partial charge is 0.264 e. The molecule has 33 heavy (non-hydrogen) atoms. The molecule has 6 nitrogen and oxygen atoms in total. The third-order valence-electron chi connectivity index (χ3n) is 5.75. The largest absolute Gasteiger partial charge is 0.396 e. The Morgan fingerprint density at radius 2 is 1.94 bits per heavy atom. The summed E-state index contributed by atoms with van der Waals surface area (Å²) in [6, 6.07) is 15.3. The molecule has 170 valence electrons. The lowest BCUT2D eigenvalue weighted by Gasteiger charge is -2.22. The number of fused-ring (bicyclic) bond motifs is 1. The molecule has 4 rings (SSSR count). The van der Waals surface area contributed by atoms with Crippen molar-refractivity contribution in [1.82, 2.24) is 14.5 Å². The number of hydrogen-bond donors (Lipinski definition) is 1. The van der Waals surface area contributed by atoms with Crippen molar-refractivity contribution in [2.75, 3.05) is 13.2 Å². The lowest BCUT2D eigenvalue weighted by molar-refractivity contribution is 0.0739. The Balaban J connectivity index is 1.67. The second kappa shape index (κ2) is 10.1. The Kier molecular flexibility index (Phi) is 7.01. The van der Waals surface area contributed by atoms with E-state index >= 15 is 0 Å². The quantitative estimate of drug-likeness (QED) is 0.395. The first kappa shape index (κ1) is 22.9. The molecule has 3 heterocycles. The van der Waals surface area contributed by atoms with E-state index in [0.29, 0.717) is 19.5 Å². The molecule has 1 amide bonds. The van der Waals surface area contributed by atoms with Gasteiger partial charge in [-0.3, -0.25) is 14.6 Å². The first-order chi connectivity index (χ1) is 16.0. The molecule has 0 unspecified atom stereocenters. The van der Waals surface area contributed by atoms with Crippen molar-refractivity contribution in [2.45, 2.75) is 26.3 Å². The monoisotopic (exact) mass is 461 g/mol. The Morgan fingerprint density at radius 3 is 2.67 bits per heavy atom. The highest BCUT2D eigenvalue weighted by Gasteiger charge is 2.22. The fourth-order valence-corrected chi connectivity index (χ4v) is 5.02. The van der Waals surface area contributed by atoms with Crippen LogP contribution in [0.25, 0.3) is 21.2 Å². The standard InChI is InChI=1S/C26H27N3O3S/c1-18-22-15-19(20-9-11-24(31)28(2)16-20)8-10-23(22)33-25(18)26(32)29(13-5-6-14-30)17-21-7-3-4-12-27-21/h3-4,7-12,15-16,30H,5-6,13-14,17H2,1-2H3. The minimum Gasteiger partial charge on any atom is -0.396 e. The molecule has 0 atom stereocenters. The zero-order chi connectivity index (χ0) is 23.4. The molecular formula is C26H27N3O3S. The van der Waals surface area contributed by atoms with E-state index < -0.39 is 0 Å². The van der Waals surface area contributed by atoms with Crippen LogP contribution in [0.2, 0.25) is 0 Å². The van der Waals surface area contributed by atoms with E-state index in [1.807, 2.05) is 54.4 Å². The number of rotatable bonds is 8. The molecule has 3 aromatic heterocycles. The van der Waals surface area contributed by atoms with Crippen LogP contribution in [0, 0.1) is 6.92 Å². The number of carbonyl (C=O) groups is 1. The van der Waals surface area contributed by atoms with E-state index in [1.54, 1.807) is 23.9 Å². The highest BCUT2D eigenvalue weighted by molar-refractivity contribution is 7.21. The molecule has 7 heteroatoms. The minimum atomic E-state index is -0.0476. The van der Waals surface area contributed by atoms with Crippen LogP contribution in [-0.4, -0.2) is 38.6 Å². The van der Waals surface area contributed by atoms with Gasteiger partial charge in [0, 0.05) is 43.4 Å². The van der Waals surface area contributed by atoms with Crippen LogP contribution in [0.1, 0.15) is 33.8 Å². The van der Waals surface area contributed by atoms with Crippen molar-refractivity contribution in [3.63, 3.8) is 0 Å². The Hall–Kier alpha value is -3.29. The van der Waals surface area contributed by atoms with Crippen LogP contribution in [0.3, 0.4) is 0 Å². The number of aryl methyl sites for hydroxylation is 2. The molecule has 0 aliphatic carbocycles. The first-order valence-electron chi connectivity index (χ1n) is 11.0.